The summed E-state index contributed by atoms with van der Waals surface area (Å²) in [7, 11) is 0. The van der Waals surface area contributed by atoms with E-state index in [9.17, 15) is 9.59 Å². The number of aldehydes is 1. The maximum absolute atomic E-state index is 11.2. The van der Waals surface area contributed by atoms with Crippen LogP contribution in [0.3, 0.4) is 0 Å². The van der Waals surface area contributed by atoms with Crippen LogP contribution >= 0.6 is 15.9 Å². The predicted molar refractivity (Wildman–Crippen MR) is 60.0 cm³/mol. The summed E-state index contributed by atoms with van der Waals surface area (Å²) in [6, 6.07) is 7.37. The molecule has 0 bridgehead atoms. The van der Waals surface area contributed by atoms with E-state index >= 15 is 0 Å². The van der Waals surface area contributed by atoms with E-state index in [0.717, 1.165) is 10.2 Å². The first kappa shape index (κ1) is 10.0. The molecule has 1 aromatic carbocycles. The minimum atomic E-state index is -0.243. The van der Waals surface area contributed by atoms with Crippen molar-refractivity contribution in [2.24, 2.45) is 5.10 Å². The quantitative estimate of drug-likeness (QED) is 0.761. The topological polar surface area (TPSA) is 49.7 Å². The summed E-state index contributed by atoms with van der Waals surface area (Å²) in [6.45, 7) is 0.135. The molecule has 76 valence electrons. The molecule has 0 aliphatic carbocycles. The number of Topliss-reactive ketones (excluding diaryl/α,β-unsaturated/α-hetero) is 1. The third-order valence-corrected chi connectivity index (χ3v) is 2.57. The van der Waals surface area contributed by atoms with Crippen molar-refractivity contribution in [1.82, 2.24) is 0 Å². The van der Waals surface area contributed by atoms with Crippen molar-refractivity contribution in [3.63, 3.8) is 0 Å². The second kappa shape index (κ2) is 3.94. The fourth-order valence-electron chi connectivity index (χ4n) is 1.29. The predicted octanol–water partition coefficient (Wildman–Crippen LogP) is 1.39. The summed E-state index contributed by atoms with van der Waals surface area (Å²) in [5, 5.41) is 5.42. The molecule has 2 rings (SSSR count). The number of carbonyl (C=O) groups excluding carboxylic acids is 2. The highest BCUT2D eigenvalue weighted by atomic mass is 79.9. The Hall–Kier alpha value is -1.49. The number of hydrogen-bond acceptors (Lipinski definition) is 4. The number of ketones is 1. The molecule has 4 nitrogen and oxygen atoms in total. The fraction of sp³-hybridized carbons (Fsp3) is 0.100. The van der Waals surface area contributed by atoms with Crippen LogP contribution in [0.15, 0.2) is 33.8 Å². The van der Waals surface area contributed by atoms with Gasteiger partial charge in [0.15, 0.2) is 12.0 Å². The van der Waals surface area contributed by atoms with E-state index in [1.807, 2.05) is 24.3 Å². The molecule has 1 aliphatic heterocycles. The van der Waals surface area contributed by atoms with Gasteiger partial charge in [0.2, 0.25) is 5.78 Å². The first-order valence-corrected chi connectivity index (χ1v) is 5.10. The van der Waals surface area contributed by atoms with Gasteiger partial charge < -0.3 is 0 Å². The molecule has 1 heterocycles. The molecular weight excluding hydrogens is 260 g/mol. The molecule has 0 N–H and O–H groups in total. The van der Waals surface area contributed by atoms with Crippen LogP contribution in [-0.2, 0) is 9.59 Å². The Balaban J connectivity index is 2.27. The van der Waals surface area contributed by atoms with E-state index in [0.29, 0.717) is 6.29 Å². The van der Waals surface area contributed by atoms with Gasteiger partial charge in [0, 0.05) is 4.47 Å². The van der Waals surface area contributed by atoms with Gasteiger partial charge in [-0.05, 0) is 24.3 Å². The standard InChI is InChI=1S/C10H7BrN2O2/c11-7-1-3-8(4-2-7)13-5-10(15)9(6-14)12-13/h1-4,6H,5H2. The van der Waals surface area contributed by atoms with Crippen LogP contribution in [0, 0.1) is 0 Å². The monoisotopic (exact) mass is 266 g/mol. The lowest BCUT2D eigenvalue weighted by Crippen LogP contribution is -2.18. The van der Waals surface area contributed by atoms with Gasteiger partial charge in [-0.25, -0.2) is 0 Å². The Morgan fingerprint density at radius 2 is 2.00 bits per heavy atom. The molecule has 15 heavy (non-hydrogen) atoms. The Kier molecular flexibility index (Phi) is 2.64. The molecule has 0 aromatic heterocycles. The van der Waals surface area contributed by atoms with Crippen molar-refractivity contribution in [1.29, 1.82) is 0 Å². The first-order chi connectivity index (χ1) is 7.20. The van der Waals surface area contributed by atoms with Crippen molar-refractivity contribution < 1.29 is 9.59 Å². The molecule has 0 atom stereocenters. The lowest BCUT2D eigenvalue weighted by atomic mass is 10.2. The highest BCUT2D eigenvalue weighted by Gasteiger charge is 2.23. The normalized spacial score (nSPS) is 15.4. The average Bonchev–Trinajstić information content (AvgIpc) is 2.61. The number of anilines is 1. The van der Waals surface area contributed by atoms with E-state index in [-0.39, 0.29) is 18.0 Å². The summed E-state index contributed by atoms with van der Waals surface area (Å²) < 4.78 is 0.955. The lowest BCUT2D eigenvalue weighted by Gasteiger charge is -2.11. The average molecular weight is 267 g/mol. The molecule has 1 aromatic rings. The number of hydrogen-bond donors (Lipinski definition) is 0. The van der Waals surface area contributed by atoms with Crippen LogP contribution in [0.1, 0.15) is 0 Å². The van der Waals surface area contributed by atoms with Gasteiger partial charge in [0.25, 0.3) is 0 Å². The second-order valence-corrected chi connectivity index (χ2v) is 3.98. The van der Waals surface area contributed by atoms with E-state index in [1.54, 1.807) is 0 Å². The minimum Gasteiger partial charge on any atom is -0.296 e. The Morgan fingerprint density at radius 3 is 2.53 bits per heavy atom. The summed E-state index contributed by atoms with van der Waals surface area (Å²) in [4.78, 5) is 21.7. The van der Waals surface area contributed by atoms with E-state index in [4.69, 9.17) is 0 Å². The molecule has 0 amide bonds. The molecule has 0 unspecified atom stereocenters. The van der Waals surface area contributed by atoms with Crippen LogP contribution in [0.25, 0.3) is 0 Å². The third-order valence-electron chi connectivity index (χ3n) is 2.04. The minimum absolute atomic E-state index is 0.0158. The smallest absolute Gasteiger partial charge is 0.207 e. The van der Waals surface area contributed by atoms with E-state index in [2.05, 4.69) is 21.0 Å². The molecule has 0 fully saturated rings. The number of halogens is 1. The highest BCUT2D eigenvalue weighted by Crippen LogP contribution is 2.20. The molecule has 0 spiro atoms. The zero-order chi connectivity index (χ0) is 10.8. The van der Waals surface area contributed by atoms with Gasteiger partial charge in [0.1, 0.15) is 6.54 Å². The molecule has 5 heteroatoms. The van der Waals surface area contributed by atoms with E-state index < -0.39 is 0 Å². The third kappa shape index (κ3) is 1.97. The zero-order valence-electron chi connectivity index (χ0n) is 7.68. The van der Waals surface area contributed by atoms with Crippen LogP contribution in [-0.4, -0.2) is 24.3 Å². The van der Waals surface area contributed by atoms with Gasteiger partial charge in [0.05, 0.1) is 5.69 Å². The maximum atomic E-state index is 11.2. The molecule has 0 saturated heterocycles. The number of carbonyl (C=O) groups is 2. The van der Waals surface area contributed by atoms with Gasteiger partial charge in [-0.3, -0.25) is 14.6 Å². The van der Waals surface area contributed by atoms with Crippen molar-refractivity contribution in [3.05, 3.63) is 28.7 Å². The van der Waals surface area contributed by atoms with Crippen LogP contribution in [0.5, 0.6) is 0 Å². The SMILES string of the molecule is O=CC1=NN(c2ccc(Br)cc2)CC1=O. The number of benzene rings is 1. The van der Waals surface area contributed by atoms with Crippen molar-refractivity contribution >= 4 is 39.4 Å². The summed E-state index contributed by atoms with van der Waals surface area (Å²) in [5.74, 6) is -0.243. The van der Waals surface area contributed by atoms with Gasteiger partial charge >= 0.3 is 0 Å². The van der Waals surface area contributed by atoms with Crippen molar-refractivity contribution in [3.8, 4) is 0 Å². The maximum Gasteiger partial charge on any atom is 0.207 e. The largest absolute Gasteiger partial charge is 0.296 e. The van der Waals surface area contributed by atoms with Crippen molar-refractivity contribution in [2.75, 3.05) is 11.6 Å². The van der Waals surface area contributed by atoms with Gasteiger partial charge in [-0.15, -0.1) is 0 Å². The van der Waals surface area contributed by atoms with Gasteiger partial charge in [-0.2, -0.15) is 5.10 Å². The van der Waals surface area contributed by atoms with Crippen LogP contribution in [0.2, 0.25) is 0 Å². The fourth-order valence-corrected chi connectivity index (χ4v) is 1.55. The Morgan fingerprint density at radius 1 is 1.33 bits per heavy atom. The Bertz CT molecular complexity index is 439. The number of nitrogens with zero attached hydrogens (tertiary/aromatic N) is 2. The first-order valence-electron chi connectivity index (χ1n) is 4.31. The molecule has 0 radical (unpaired) electrons. The second-order valence-electron chi connectivity index (χ2n) is 3.06. The molecular formula is C10H7BrN2O2. The van der Waals surface area contributed by atoms with Gasteiger partial charge in [-0.1, -0.05) is 15.9 Å². The summed E-state index contributed by atoms with van der Waals surface area (Å²) >= 11 is 3.31. The molecule has 0 saturated carbocycles. The van der Waals surface area contributed by atoms with Crippen molar-refractivity contribution in [2.45, 2.75) is 0 Å². The van der Waals surface area contributed by atoms with Crippen LogP contribution < -0.4 is 5.01 Å². The number of hydrazone groups is 1. The summed E-state index contributed by atoms with van der Waals surface area (Å²) in [5.41, 5.74) is 0.779. The number of rotatable bonds is 2. The molecule has 1 aliphatic rings. The van der Waals surface area contributed by atoms with E-state index in [1.165, 1.54) is 5.01 Å². The van der Waals surface area contributed by atoms with Crippen LogP contribution in [0.4, 0.5) is 5.69 Å². The Labute approximate surface area is 94.7 Å². The summed E-state index contributed by atoms with van der Waals surface area (Å²) in [6.07, 6.45) is 0.487. The lowest BCUT2D eigenvalue weighted by molar-refractivity contribution is -0.112. The zero-order valence-corrected chi connectivity index (χ0v) is 9.27. The highest BCUT2D eigenvalue weighted by molar-refractivity contribution is 9.10.